The number of likely N-dealkylation sites (tertiary alicyclic amines) is 1. The third-order valence-electron chi connectivity index (χ3n) is 6.48. The van der Waals surface area contributed by atoms with Crippen LogP contribution in [-0.4, -0.2) is 68.1 Å². The molecule has 0 unspecified atom stereocenters. The molecular weight excluding hydrogens is 456 g/mol. The quantitative estimate of drug-likeness (QED) is 0.325. The molecule has 2 N–H and O–H groups in total. The zero-order valence-electron chi connectivity index (χ0n) is 20.0. The van der Waals surface area contributed by atoms with Gasteiger partial charge in [-0.1, -0.05) is 60.7 Å². The molecule has 0 atom stereocenters. The van der Waals surface area contributed by atoms with Gasteiger partial charge in [0, 0.05) is 19.6 Å². The van der Waals surface area contributed by atoms with Crippen LogP contribution in [0.15, 0.2) is 72.8 Å². The Hall–Kier alpha value is -3.82. The van der Waals surface area contributed by atoms with E-state index in [2.05, 4.69) is 74.0 Å². The molecule has 1 aliphatic rings. The zero-order valence-corrected chi connectivity index (χ0v) is 20.0. The number of carboxylic acid groups (broad SMARTS) is 1. The maximum absolute atomic E-state index is 11.3. The van der Waals surface area contributed by atoms with Crippen LogP contribution < -0.4 is 5.32 Å². The smallest absolute Gasteiger partial charge is 0.375 e. The number of nitrogens with one attached hydrogen (secondary N) is 1. The van der Waals surface area contributed by atoms with Gasteiger partial charge in [-0.05, 0) is 49.1 Å². The van der Waals surface area contributed by atoms with Gasteiger partial charge in [0.2, 0.25) is 0 Å². The lowest BCUT2D eigenvalue weighted by Gasteiger charge is -2.34. The van der Waals surface area contributed by atoms with Gasteiger partial charge >= 0.3 is 5.97 Å². The predicted molar refractivity (Wildman–Crippen MR) is 136 cm³/mol. The highest BCUT2D eigenvalue weighted by Gasteiger charge is 2.24. The van der Waals surface area contributed by atoms with Crippen molar-refractivity contribution in [2.24, 2.45) is 0 Å². The molecule has 1 saturated heterocycles. The Kier molecular flexibility index (Phi) is 7.49. The first-order valence-corrected chi connectivity index (χ1v) is 12.3. The first-order chi connectivity index (χ1) is 17.7. The van der Waals surface area contributed by atoms with Gasteiger partial charge in [0.05, 0.1) is 6.10 Å². The second-order valence-electron chi connectivity index (χ2n) is 8.98. The standard InChI is InChI=1S/C27H30N6O3/c34-27(35)26-30-29-24-13-12-23(31-33(24)26)28-16-7-17-32-18-14-22(15-19-32)36-25(20-8-3-1-4-9-20)21-10-5-2-6-11-21/h1-6,8-13,22,25H,7,14-19H2,(H,28,31)(H,34,35). The van der Waals surface area contributed by atoms with Crippen molar-refractivity contribution in [3.8, 4) is 0 Å². The van der Waals surface area contributed by atoms with Crippen molar-refractivity contribution in [1.29, 1.82) is 0 Å². The molecule has 5 rings (SSSR count). The highest BCUT2D eigenvalue weighted by molar-refractivity contribution is 5.84. The SMILES string of the molecule is O=C(O)c1nnc2ccc(NCCCN3CCC(OC(c4ccccc4)c4ccccc4)CC3)nn12. The second-order valence-corrected chi connectivity index (χ2v) is 8.98. The molecule has 0 aliphatic carbocycles. The third-order valence-corrected chi connectivity index (χ3v) is 6.48. The van der Waals surface area contributed by atoms with Gasteiger partial charge in [-0.3, -0.25) is 0 Å². The Labute approximate surface area is 209 Å². The van der Waals surface area contributed by atoms with E-state index in [9.17, 15) is 9.90 Å². The number of hydrogen-bond donors (Lipinski definition) is 2. The molecule has 0 bridgehead atoms. The molecule has 1 aliphatic heterocycles. The Morgan fingerprint density at radius 3 is 2.28 bits per heavy atom. The van der Waals surface area contributed by atoms with Crippen molar-refractivity contribution in [2.75, 3.05) is 31.5 Å². The average molecular weight is 487 g/mol. The second kappa shape index (κ2) is 11.3. The van der Waals surface area contributed by atoms with Gasteiger partial charge in [0.25, 0.3) is 5.82 Å². The van der Waals surface area contributed by atoms with Crippen LogP contribution in [0, 0.1) is 0 Å². The number of rotatable bonds is 10. The van der Waals surface area contributed by atoms with E-state index in [0.29, 0.717) is 11.5 Å². The number of carboxylic acids is 1. The van der Waals surface area contributed by atoms with Crippen LogP contribution in [0.25, 0.3) is 5.65 Å². The highest BCUT2D eigenvalue weighted by atomic mass is 16.5. The summed E-state index contributed by atoms with van der Waals surface area (Å²) in [6.07, 6.45) is 3.15. The topological polar surface area (TPSA) is 105 Å². The lowest BCUT2D eigenvalue weighted by atomic mass is 10.00. The van der Waals surface area contributed by atoms with Gasteiger partial charge in [0.15, 0.2) is 5.65 Å². The monoisotopic (exact) mass is 486 g/mol. The maximum atomic E-state index is 11.3. The fourth-order valence-corrected chi connectivity index (χ4v) is 4.60. The number of aromatic carboxylic acids is 1. The number of fused-ring (bicyclic) bond motifs is 1. The van der Waals surface area contributed by atoms with Crippen LogP contribution in [0.3, 0.4) is 0 Å². The van der Waals surface area contributed by atoms with Crippen molar-refractivity contribution in [3.63, 3.8) is 0 Å². The van der Waals surface area contributed by atoms with Gasteiger partial charge in [-0.2, -0.15) is 4.52 Å². The molecule has 0 radical (unpaired) electrons. The van der Waals surface area contributed by atoms with E-state index in [4.69, 9.17) is 4.74 Å². The van der Waals surface area contributed by atoms with E-state index < -0.39 is 5.97 Å². The molecule has 2 aromatic heterocycles. The van der Waals surface area contributed by atoms with Gasteiger partial charge in [0.1, 0.15) is 11.9 Å². The highest BCUT2D eigenvalue weighted by Crippen LogP contribution is 2.30. The van der Waals surface area contributed by atoms with Gasteiger partial charge < -0.3 is 20.1 Å². The average Bonchev–Trinajstić information content (AvgIpc) is 3.35. The van der Waals surface area contributed by atoms with Gasteiger partial charge in [-0.15, -0.1) is 15.3 Å². The van der Waals surface area contributed by atoms with E-state index in [0.717, 1.165) is 45.4 Å². The van der Waals surface area contributed by atoms with Crippen LogP contribution >= 0.6 is 0 Å². The predicted octanol–water partition coefficient (Wildman–Crippen LogP) is 3.90. The molecule has 9 heteroatoms. The number of benzene rings is 2. The Morgan fingerprint density at radius 1 is 0.972 bits per heavy atom. The van der Waals surface area contributed by atoms with Crippen LogP contribution in [0.4, 0.5) is 5.82 Å². The summed E-state index contributed by atoms with van der Waals surface area (Å²) in [6.45, 7) is 3.74. The minimum atomic E-state index is -1.15. The molecule has 0 saturated carbocycles. The van der Waals surface area contributed by atoms with Crippen molar-refractivity contribution in [2.45, 2.75) is 31.5 Å². The van der Waals surface area contributed by atoms with Crippen molar-refractivity contribution >= 4 is 17.4 Å². The molecule has 3 heterocycles. The minimum absolute atomic E-state index is 0.0506. The van der Waals surface area contributed by atoms with Crippen LogP contribution in [0.2, 0.25) is 0 Å². The normalized spacial score (nSPS) is 14.9. The molecule has 4 aromatic rings. The number of nitrogens with zero attached hydrogens (tertiary/aromatic N) is 5. The molecular formula is C27H30N6O3. The first-order valence-electron chi connectivity index (χ1n) is 12.3. The molecule has 2 aromatic carbocycles. The summed E-state index contributed by atoms with van der Waals surface area (Å²) >= 11 is 0. The van der Waals surface area contributed by atoms with E-state index in [1.807, 2.05) is 12.1 Å². The van der Waals surface area contributed by atoms with Crippen LogP contribution in [-0.2, 0) is 4.74 Å². The van der Waals surface area contributed by atoms with Gasteiger partial charge in [-0.25, -0.2) is 4.79 Å². The number of hydrogen-bond acceptors (Lipinski definition) is 7. The van der Waals surface area contributed by atoms with Crippen molar-refractivity contribution in [3.05, 3.63) is 89.7 Å². The Balaban J connectivity index is 1.09. The zero-order chi connectivity index (χ0) is 24.7. The number of carbonyl (C=O) groups is 1. The van der Waals surface area contributed by atoms with E-state index in [-0.39, 0.29) is 18.0 Å². The molecule has 36 heavy (non-hydrogen) atoms. The summed E-state index contributed by atoms with van der Waals surface area (Å²) in [4.78, 5) is 13.7. The lowest BCUT2D eigenvalue weighted by molar-refractivity contribution is -0.0269. The van der Waals surface area contributed by atoms with E-state index in [1.54, 1.807) is 12.1 Å². The lowest BCUT2D eigenvalue weighted by Crippen LogP contribution is -2.38. The fraction of sp³-hybridized carbons (Fsp3) is 0.333. The Bertz CT molecular complexity index is 1230. The molecule has 0 amide bonds. The number of anilines is 1. The third kappa shape index (κ3) is 5.69. The van der Waals surface area contributed by atoms with E-state index in [1.165, 1.54) is 15.6 Å². The minimum Gasteiger partial charge on any atom is -0.475 e. The maximum Gasteiger partial charge on any atom is 0.375 e. The van der Waals surface area contributed by atoms with Crippen LogP contribution in [0.1, 0.15) is 47.1 Å². The summed E-state index contributed by atoms with van der Waals surface area (Å²) in [6, 6.07) is 24.4. The number of aromatic nitrogens is 4. The summed E-state index contributed by atoms with van der Waals surface area (Å²) in [5.41, 5.74) is 2.78. The molecule has 186 valence electrons. The first kappa shape index (κ1) is 23.9. The molecule has 9 nitrogen and oxygen atoms in total. The summed E-state index contributed by atoms with van der Waals surface area (Å²) in [5, 5.41) is 24.3. The summed E-state index contributed by atoms with van der Waals surface area (Å²) in [5.74, 6) is -0.747. The molecule has 0 spiro atoms. The van der Waals surface area contributed by atoms with Crippen molar-refractivity contribution < 1.29 is 14.6 Å². The van der Waals surface area contributed by atoms with E-state index >= 15 is 0 Å². The van der Waals surface area contributed by atoms with Crippen LogP contribution in [0.5, 0.6) is 0 Å². The molecule has 1 fully saturated rings. The summed E-state index contributed by atoms with van der Waals surface area (Å²) in [7, 11) is 0. The number of ether oxygens (including phenoxy) is 1. The fourth-order valence-electron chi connectivity index (χ4n) is 4.60. The summed E-state index contributed by atoms with van der Waals surface area (Å²) < 4.78 is 7.89. The Morgan fingerprint density at radius 2 is 1.64 bits per heavy atom. The number of piperidine rings is 1. The van der Waals surface area contributed by atoms with Crippen molar-refractivity contribution in [1.82, 2.24) is 24.7 Å². The largest absolute Gasteiger partial charge is 0.475 e.